The largest absolute Gasteiger partial charge is 0.443 e. The van der Waals surface area contributed by atoms with Gasteiger partial charge >= 0.3 is 5.97 Å². The van der Waals surface area contributed by atoms with Crippen molar-refractivity contribution in [3.8, 4) is 0 Å². The summed E-state index contributed by atoms with van der Waals surface area (Å²) in [6, 6.07) is 0. The number of esters is 1. The average Bonchev–Trinajstić information content (AvgIpc) is 1.97. The van der Waals surface area contributed by atoms with Crippen LogP contribution in [0.15, 0.2) is 17.9 Å². The van der Waals surface area contributed by atoms with Gasteiger partial charge in [-0.3, -0.25) is 4.79 Å². The first-order chi connectivity index (χ1) is 5.20. The van der Waals surface area contributed by atoms with Crippen LogP contribution in [-0.2, 0) is 9.53 Å². The van der Waals surface area contributed by atoms with E-state index in [0.29, 0.717) is 0 Å². The Kier molecular flexibility index (Phi) is 4.72. The zero-order chi connectivity index (χ0) is 8.69. The van der Waals surface area contributed by atoms with Crippen molar-refractivity contribution < 1.29 is 9.53 Å². The molecule has 0 saturated carbocycles. The molecule has 0 aromatic rings. The van der Waals surface area contributed by atoms with Crippen LogP contribution in [0.25, 0.3) is 0 Å². The first-order valence-electron chi connectivity index (χ1n) is 3.03. The third-order valence-corrected chi connectivity index (χ3v) is 0.872. The minimum absolute atomic E-state index is 0.120. The molecule has 0 radical (unpaired) electrons. The lowest BCUT2D eigenvalue weighted by atomic mass is 10.6. The molecule has 0 amide bonds. The number of carbonyl (C=O) groups excluding carboxylic acids is 1. The molecule has 0 saturated heterocycles. The van der Waals surface area contributed by atoms with E-state index in [1.54, 1.807) is 0 Å². The molecule has 11 heavy (non-hydrogen) atoms. The second-order valence-electron chi connectivity index (χ2n) is 1.82. The maximum atomic E-state index is 10.2. The minimum atomic E-state index is -0.442. The van der Waals surface area contributed by atoms with Crippen molar-refractivity contribution in [3.63, 3.8) is 0 Å². The van der Waals surface area contributed by atoms with Gasteiger partial charge < -0.3 is 4.74 Å². The number of hydrogen-bond donors (Lipinski definition) is 0. The second kappa shape index (κ2) is 5.40. The van der Waals surface area contributed by atoms with Crippen LogP contribution < -0.4 is 0 Å². The molecule has 0 aliphatic carbocycles. The maximum Gasteiger partial charge on any atom is 0.304 e. The standard InChI is InChI=1S/C6H10N2O3/c1-3-4-8(7-10)5-11-6(2)9/h3H,1,4-5H2,2H3. The molecular weight excluding hydrogens is 148 g/mol. The van der Waals surface area contributed by atoms with Crippen LogP contribution >= 0.6 is 0 Å². The lowest BCUT2D eigenvalue weighted by Crippen LogP contribution is -2.21. The van der Waals surface area contributed by atoms with Crippen LogP contribution in [0, 0.1) is 4.91 Å². The summed E-state index contributed by atoms with van der Waals surface area (Å²) in [5, 5.41) is 3.62. The summed E-state index contributed by atoms with van der Waals surface area (Å²) in [5.41, 5.74) is 0. The number of rotatable bonds is 5. The van der Waals surface area contributed by atoms with Gasteiger partial charge in [0.15, 0.2) is 6.73 Å². The van der Waals surface area contributed by atoms with Gasteiger partial charge in [0.25, 0.3) is 0 Å². The third kappa shape index (κ3) is 5.07. The van der Waals surface area contributed by atoms with Crippen molar-refractivity contribution in [1.82, 2.24) is 5.01 Å². The fraction of sp³-hybridized carbons (Fsp3) is 0.500. The zero-order valence-electron chi connectivity index (χ0n) is 6.32. The first kappa shape index (κ1) is 9.61. The fourth-order valence-electron chi connectivity index (χ4n) is 0.424. The van der Waals surface area contributed by atoms with Crippen molar-refractivity contribution in [2.24, 2.45) is 5.29 Å². The predicted molar refractivity (Wildman–Crippen MR) is 39.3 cm³/mol. The molecule has 0 rings (SSSR count). The number of nitroso groups, excluding NO2 is 1. The number of carbonyl (C=O) groups is 1. The molecule has 0 aromatic carbocycles. The lowest BCUT2D eigenvalue weighted by Gasteiger charge is -2.11. The molecule has 0 N–H and O–H groups in total. The SMILES string of the molecule is C=CCN(COC(C)=O)N=O. The smallest absolute Gasteiger partial charge is 0.304 e. The summed E-state index contributed by atoms with van der Waals surface area (Å²) in [6.45, 7) is 4.81. The molecule has 0 heterocycles. The predicted octanol–water partition coefficient (Wildman–Crippen LogP) is 0.676. The molecule has 0 aliphatic heterocycles. The van der Waals surface area contributed by atoms with E-state index in [4.69, 9.17) is 0 Å². The molecule has 5 heteroatoms. The molecule has 0 unspecified atom stereocenters. The van der Waals surface area contributed by atoms with Gasteiger partial charge in [0.05, 0.1) is 11.8 Å². The van der Waals surface area contributed by atoms with Gasteiger partial charge in [-0.25, -0.2) is 5.01 Å². The number of ether oxygens (including phenoxy) is 1. The van der Waals surface area contributed by atoms with E-state index < -0.39 is 5.97 Å². The molecular formula is C6H10N2O3. The molecule has 0 fully saturated rings. The van der Waals surface area contributed by atoms with Crippen LogP contribution in [0.3, 0.4) is 0 Å². The van der Waals surface area contributed by atoms with E-state index in [1.165, 1.54) is 13.0 Å². The third-order valence-electron chi connectivity index (χ3n) is 0.872. The maximum absolute atomic E-state index is 10.2. The normalized spacial score (nSPS) is 8.45. The Labute approximate surface area is 64.6 Å². The number of nitrogens with zero attached hydrogens (tertiary/aromatic N) is 2. The van der Waals surface area contributed by atoms with E-state index in [0.717, 1.165) is 5.01 Å². The van der Waals surface area contributed by atoms with Gasteiger partial charge in [0.2, 0.25) is 0 Å². The molecule has 0 atom stereocenters. The molecule has 62 valence electrons. The van der Waals surface area contributed by atoms with Crippen molar-refractivity contribution in [3.05, 3.63) is 17.6 Å². The molecule has 5 nitrogen and oxygen atoms in total. The first-order valence-corrected chi connectivity index (χ1v) is 3.03. The molecule has 0 aromatic heterocycles. The number of hydrogen-bond acceptors (Lipinski definition) is 4. The lowest BCUT2D eigenvalue weighted by molar-refractivity contribution is -0.145. The summed E-state index contributed by atoms with van der Waals surface area (Å²) in [5.74, 6) is -0.442. The Hall–Kier alpha value is -1.39. The quantitative estimate of drug-likeness (QED) is 0.194. The summed E-state index contributed by atoms with van der Waals surface area (Å²) in [6.07, 6.45) is 1.49. The second-order valence-corrected chi connectivity index (χ2v) is 1.82. The Morgan fingerprint density at radius 3 is 2.82 bits per heavy atom. The Morgan fingerprint density at radius 1 is 1.82 bits per heavy atom. The molecule has 0 spiro atoms. The van der Waals surface area contributed by atoms with Crippen LogP contribution in [0.4, 0.5) is 0 Å². The van der Waals surface area contributed by atoms with Gasteiger partial charge in [0.1, 0.15) is 0 Å². The average molecular weight is 158 g/mol. The van der Waals surface area contributed by atoms with Gasteiger partial charge in [-0.05, 0) is 0 Å². The van der Waals surface area contributed by atoms with Crippen molar-refractivity contribution in [2.75, 3.05) is 13.3 Å². The van der Waals surface area contributed by atoms with Crippen molar-refractivity contribution in [2.45, 2.75) is 6.92 Å². The highest BCUT2D eigenvalue weighted by molar-refractivity contribution is 5.65. The van der Waals surface area contributed by atoms with Crippen LogP contribution in [-0.4, -0.2) is 24.3 Å². The van der Waals surface area contributed by atoms with Crippen molar-refractivity contribution >= 4 is 5.97 Å². The van der Waals surface area contributed by atoms with Gasteiger partial charge in [0, 0.05) is 6.92 Å². The summed E-state index contributed by atoms with van der Waals surface area (Å²) in [7, 11) is 0. The van der Waals surface area contributed by atoms with E-state index in [2.05, 4.69) is 16.6 Å². The highest BCUT2D eigenvalue weighted by Crippen LogP contribution is 1.89. The topological polar surface area (TPSA) is 59.0 Å². The highest BCUT2D eigenvalue weighted by atomic mass is 16.5. The fourth-order valence-corrected chi connectivity index (χ4v) is 0.424. The monoisotopic (exact) mass is 158 g/mol. The summed E-state index contributed by atoms with van der Waals surface area (Å²) < 4.78 is 4.49. The summed E-state index contributed by atoms with van der Waals surface area (Å²) in [4.78, 5) is 20.2. The Bertz CT molecular complexity index is 158. The molecule has 0 aliphatic rings. The van der Waals surface area contributed by atoms with Crippen LogP contribution in [0.2, 0.25) is 0 Å². The minimum Gasteiger partial charge on any atom is -0.443 e. The summed E-state index contributed by atoms with van der Waals surface area (Å²) >= 11 is 0. The van der Waals surface area contributed by atoms with Gasteiger partial charge in [-0.15, -0.1) is 11.5 Å². The van der Waals surface area contributed by atoms with E-state index in [1.807, 2.05) is 0 Å². The Balaban J connectivity index is 3.59. The molecule has 0 bridgehead atoms. The van der Waals surface area contributed by atoms with Crippen LogP contribution in [0.1, 0.15) is 6.92 Å². The van der Waals surface area contributed by atoms with E-state index >= 15 is 0 Å². The van der Waals surface area contributed by atoms with Gasteiger partial charge in [-0.2, -0.15) is 0 Å². The van der Waals surface area contributed by atoms with Gasteiger partial charge in [-0.1, -0.05) is 6.08 Å². The zero-order valence-corrected chi connectivity index (χ0v) is 6.32. The van der Waals surface area contributed by atoms with Crippen molar-refractivity contribution in [1.29, 1.82) is 0 Å². The van der Waals surface area contributed by atoms with Crippen LogP contribution in [0.5, 0.6) is 0 Å². The van der Waals surface area contributed by atoms with E-state index in [-0.39, 0.29) is 13.3 Å². The van der Waals surface area contributed by atoms with E-state index in [9.17, 15) is 9.70 Å². The Morgan fingerprint density at radius 2 is 2.45 bits per heavy atom. The highest BCUT2D eigenvalue weighted by Gasteiger charge is 2.00.